The van der Waals surface area contributed by atoms with Gasteiger partial charge in [0.15, 0.2) is 0 Å². The lowest BCUT2D eigenvalue weighted by atomic mass is 10.0. The second-order valence-electron chi connectivity index (χ2n) is 4.91. The Bertz CT molecular complexity index is 489. The number of rotatable bonds is 4. The van der Waals surface area contributed by atoms with E-state index in [4.69, 9.17) is 5.73 Å². The molecule has 3 N–H and O–H groups in total. The van der Waals surface area contributed by atoms with Crippen LogP contribution < -0.4 is 11.1 Å². The molecule has 1 aromatic rings. The molecule has 1 rings (SSSR count). The SMILES string of the molecule is CC(C)CC(N)C(=O)Nc1ccc(Br)cc1C(F)(F)F. The van der Waals surface area contributed by atoms with E-state index < -0.39 is 23.7 Å². The highest BCUT2D eigenvalue weighted by Crippen LogP contribution is 2.36. The molecule has 0 bridgehead atoms. The van der Waals surface area contributed by atoms with Gasteiger partial charge in [0, 0.05) is 4.47 Å². The summed E-state index contributed by atoms with van der Waals surface area (Å²) in [7, 11) is 0. The molecule has 0 aromatic heterocycles. The van der Waals surface area contributed by atoms with Crippen LogP contribution >= 0.6 is 15.9 Å². The monoisotopic (exact) mass is 352 g/mol. The van der Waals surface area contributed by atoms with Gasteiger partial charge in [-0.3, -0.25) is 4.79 Å². The Kier molecular flexibility index (Phi) is 5.59. The summed E-state index contributed by atoms with van der Waals surface area (Å²) in [5, 5.41) is 2.24. The van der Waals surface area contributed by atoms with Crippen molar-refractivity contribution < 1.29 is 18.0 Å². The van der Waals surface area contributed by atoms with Gasteiger partial charge in [-0.1, -0.05) is 29.8 Å². The summed E-state index contributed by atoms with van der Waals surface area (Å²) in [6.45, 7) is 3.77. The molecule has 0 aliphatic rings. The van der Waals surface area contributed by atoms with Crippen molar-refractivity contribution in [2.45, 2.75) is 32.5 Å². The molecule has 0 heterocycles. The molecule has 1 amide bonds. The third-order valence-corrected chi connectivity index (χ3v) is 3.10. The van der Waals surface area contributed by atoms with Crippen molar-refractivity contribution in [3.05, 3.63) is 28.2 Å². The molecule has 0 fully saturated rings. The molecule has 1 aromatic carbocycles. The van der Waals surface area contributed by atoms with Gasteiger partial charge in [-0.05, 0) is 30.5 Å². The number of alkyl halides is 3. The van der Waals surface area contributed by atoms with Crippen LogP contribution in [0.15, 0.2) is 22.7 Å². The molecule has 0 spiro atoms. The average molecular weight is 353 g/mol. The highest BCUT2D eigenvalue weighted by atomic mass is 79.9. The summed E-state index contributed by atoms with van der Waals surface area (Å²) in [6, 6.07) is 2.72. The number of anilines is 1. The van der Waals surface area contributed by atoms with Gasteiger partial charge in [-0.2, -0.15) is 13.2 Å². The number of nitrogens with one attached hydrogen (secondary N) is 1. The maximum Gasteiger partial charge on any atom is 0.418 e. The van der Waals surface area contributed by atoms with Crippen LogP contribution in [0.4, 0.5) is 18.9 Å². The minimum Gasteiger partial charge on any atom is -0.324 e. The Labute approximate surface area is 123 Å². The Morgan fingerprint density at radius 3 is 2.50 bits per heavy atom. The summed E-state index contributed by atoms with van der Waals surface area (Å²) in [5.41, 5.74) is 4.46. The third-order valence-electron chi connectivity index (χ3n) is 2.61. The van der Waals surface area contributed by atoms with Gasteiger partial charge in [0.1, 0.15) is 0 Å². The molecule has 1 atom stereocenters. The first-order valence-electron chi connectivity index (χ1n) is 6.04. The molecule has 0 saturated heterocycles. The Hall–Kier alpha value is -1.08. The van der Waals surface area contributed by atoms with Crippen molar-refractivity contribution in [1.29, 1.82) is 0 Å². The van der Waals surface area contributed by atoms with Gasteiger partial charge in [0.05, 0.1) is 17.3 Å². The maximum absolute atomic E-state index is 12.9. The molecular formula is C13H16BrF3N2O. The standard InChI is InChI=1S/C13H16BrF3N2O/c1-7(2)5-10(18)12(20)19-11-4-3-8(14)6-9(11)13(15,16)17/h3-4,6-7,10H,5,18H2,1-2H3,(H,19,20). The minimum absolute atomic E-state index is 0.183. The number of carbonyl (C=O) groups excluding carboxylic acids is 1. The molecule has 0 radical (unpaired) electrons. The van der Waals surface area contributed by atoms with E-state index in [0.29, 0.717) is 6.42 Å². The van der Waals surface area contributed by atoms with E-state index in [9.17, 15) is 18.0 Å². The van der Waals surface area contributed by atoms with Crippen LogP contribution in [0.2, 0.25) is 0 Å². The first kappa shape index (κ1) is 17.0. The number of hydrogen-bond donors (Lipinski definition) is 2. The fourth-order valence-electron chi connectivity index (χ4n) is 1.70. The van der Waals surface area contributed by atoms with Gasteiger partial charge < -0.3 is 11.1 Å². The molecule has 0 aliphatic heterocycles. The van der Waals surface area contributed by atoms with Gasteiger partial charge in [-0.25, -0.2) is 0 Å². The average Bonchev–Trinajstić information content (AvgIpc) is 2.29. The number of carbonyl (C=O) groups is 1. The first-order chi connectivity index (χ1) is 9.11. The maximum atomic E-state index is 12.9. The molecule has 0 aliphatic carbocycles. The van der Waals surface area contributed by atoms with Crippen LogP contribution in [-0.2, 0) is 11.0 Å². The molecule has 3 nitrogen and oxygen atoms in total. The normalized spacial score (nSPS) is 13.4. The Morgan fingerprint density at radius 2 is 2.00 bits per heavy atom. The quantitative estimate of drug-likeness (QED) is 0.866. The van der Waals surface area contributed by atoms with Crippen molar-refractivity contribution in [3.63, 3.8) is 0 Å². The molecule has 112 valence electrons. The van der Waals surface area contributed by atoms with Crippen LogP contribution in [0.3, 0.4) is 0 Å². The Balaban J connectivity index is 2.95. The van der Waals surface area contributed by atoms with Crippen molar-refractivity contribution in [2.75, 3.05) is 5.32 Å². The summed E-state index contributed by atoms with van der Waals surface area (Å²) in [5.74, 6) is -0.436. The molecule has 1 unspecified atom stereocenters. The van der Waals surface area contributed by atoms with Crippen molar-refractivity contribution in [3.8, 4) is 0 Å². The second kappa shape index (κ2) is 6.58. The van der Waals surface area contributed by atoms with E-state index in [0.717, 1.165) is 6.07 Å². The highest BCUT2D eigenvalue weighted by Gasteiger charge is 2.34. The predicted molar refractivity (Wildman–Crippen MR) is 75.2 cm³/mol. The number of nitrogens with two attached hydrogens (primary N) is 1. The largest absolute Gasteiger partial charge is 0.418 e. The van der Waals surface area contributed by atoms with Crippen LogP contribution in [0.25, 0.3) is 0 Å². The summed E-state index contributed by atoms with van der Waals surface area (Å²) in [4.78, 5) is 11.8. The lowest BCUT2D eigenvalue weighted by Crippen LogP contribution is -2.37. The molecule has 20 heavy (non-hydrogen) atoms. The van der Waals surface area contributed by atoms with Crippen molar-refractivity contribution >= 4 is 27.5 Å². The summed E-state index contributed by atoms with van der Waals surface area (Å²) in [6.07, 6.45) is -4.14. The fraction of sp³-hybridized carbons (Fsp3) is 0.462. The van der Waals surface area contributed by atoms with Gasteiger partial charge in [-0.15, -0.1) is 0 Å². The zero-order valence-electron chi connectivity index (χ0n) is 11.1. The fourth-order valence-corrected chi connectivity index (χ4v) is 2.06. The third kappa shape index (κ3) is 4.79. The number of hydrogen-bond acceptors (Lipinski definition) is 2. The second-order valence-corrected chi connectivity index (χ2v) is 5.83. The van der Waals surface area contributed by atoms with E-state index in [-0.39, 0.29) is 16.1 Å². The van der Waals surface area contributed by atoms with E-state index >= 15 is 0 Å². The highest BCUT2D eigenvalue weighted by molar-refractivity contribution is 9.10. The number of amides is 1. The Morgan fingerprint density at radius 1 is 1.40 bits per heavy atom. The predicted octanol–water partition coefficient (Wildman–Crippen LogP) is 3.78. The van der Waals surface area contributed by atoms with Crippen LogP contribution in [0.5, 0.6) is 0 Å². The van der Waals surface area contributed by atoms with Crippen molar-refractivity contribution in [2.24, 2.45) is 11.7 Å². The summed E-state index contributed by atoms with van der Waals surface area (Å²) < 4.78 is 38.9. The molecular weight excluding hydrogens is 337 g/mol. The number of halogens is 4. The molecule has 7 heteroatoms. The van der Waals surface area contributed by atoms with Crippen LogP contribution in [0.1, 0.15) is 25.8 Å². The van der Waals surface area contributed by atoms with Crippen molar-refractivity contribution in [1.82, 2.24) is 0 Å². The first-order valence-corrected chi connectivity index (χ1v) is 6.83. The zero-order chi connectivity index (χ0) is 15.5. The lowest BCUT2D eigenvalue weighted by Gasteiger charge is -2.17. The lowest BCUT2D eigenvalue weighted by molar-refractivity contribution is -0.137. The van der Waals surface area contributed by atoms with E-state index in [1.807, 2.05) is 13.8 Å². The van der Waals surface area contributed by atoms with Gasteiger partial charge in [0.2, 0.25) is 5.91 Å². The van der Waals surface area contributed by atoms with E-state index in [1.165, 1.54) is 12.1 Å². The smallest absolute Gasteiger partial charge is 0.324 e. The van der Waals surface area contributed by atoms with E-state index in [2.05, 4.69) is 21.2 Å². The topological polar surface area (TPSA) is 55.1 Å². The summed E-state index contributed by atoms with van der Waals surface area (Å²) >= 11 is 2.98. The van der Waals surface area contributed by atoms with Crippen LogP contribution in [0, 0.1) is 5.92 Å². The van der Waals surface area contributed by atoms with Gasteiger partial charge in [0.25, 0.3) is 0 Å². The van der Waals surface area contributed by atoms with Crippen LogP contribution in [-0.4, -0.2) is 11.9 Å². The molecule has 0 saturated carbocycles. The van der Waals surface area contributed by atoms with Gasteiger partial charge >= 0.3 is 6.18 Å². The van der Waals surface area contributed by atoms with E-state index in [1.54, 1.807) is 0 Å². The minimum atomic E-state index is -4.55. The number of benzene rings is 1. The zero-order valence-corrected chi connectivity index (χ0v) is 12.7.